The van der Waals surface area contributed by atoms with Gasteiger partial charge in [-0.05, 0) is 0 Å². The minimum atomic E-state index is -0.106. The molecular weight excluding hydrogens is 297 g/mol. The van der Waals surface area contributed by atoms with Crippen LogP contribution in [0.15, 0.2) is 30.3 Å². The standard InChI is InChI=1S/C6H5.C4H9.2ClH.Pd/c1-2-4-6-5-3-1;1-3-4-2;;;/h1-5H;1,3-4H2,2H3;2*1H;/q2*-1;;;+2/p-2. The topological polar surface area (TPSA) is 0 Å². The predicted octanol–water partition coefficient (Wildman–Crippen LogP) is 4.48. The van der Waals surface area contributed by atoms with Gasteiger partial charge in [-0.25, -0.2) is 0 Å². The Morgan fingerprint density at radius 2 is 1.62 bits per heavy atom. The minimum absolute atomic E-state index is 0.106. The van der Waals surface area contributed by atoms with E-state index in [0.717, 1.165) is 6.42 Å². The summed E-state index contributed by atoms with van der Waals surface area (Å²) in [6, 6.07) is 12.5. The molecule has 1 aromatic rings. The molecule has 0 aliphatic heterocycles. The second-order valence-electron chi connectivity index (χ2n) is 1.98. The van der Waals surface area contributed by atoms with Crippen LogP contribution in [0, 0.1) is 13.0 Å². The van der Waals surface area contributed by atoms with Crippen LogP contribution >= 0.6 is 19.1 Å². The number of hydrogen-bond acceptors (Lipinski definition) is 0. The zero-order valence-electron chi connectivity index (χ0n) is 7.58. The van der Waals surface area contributed by atoms with Crippen LogP contribution in [-0.2, 0) is 15.9 Å². The molecule has 0 nitrogen and oxygen atoms in total. The van der Waals surface area contributed by atoms with Gasteiger partial charge in [0.05, 0.1) is 0 Å². The molecule has 0 fully saturated rings. The molecule has 80 valence electrons. The van der Waals surface area contributed by atoms with Gasteiger partial charge in [0.15, 0.2) is 0 Å². The Morgan fingerprint density at radius 1 is 1.23 bits per heavy atom. The van der Waals surface area contributed by atoms with Gasteiger partial charge < -0.3 is 6.92 Å². The Kier molecular flexibility index (Phi) is 22.4. The van der Waals surface area contributed by atoms with Crippen LogP contribution in [0.5, 0.6) is 0 Å². The van der Waals surface area contributed by atoms with Crippen LogP contribution in [0.1, 0.15) is 19.8 Å². The van der Waals surface area contributed by atoms with Crippen molar-refractivity contribution in [3.8, 4) is 0 Å². The van der Waals surface area contributed by atoms with Crippen LogP contribution in [-0.4, -0.2) is 0 Å². The molecule has 0 spiro atoms. The molecule has 1 aromatic carbocycles. The summed E-state index contributed by atoms with van der Waals surface area (Å²) in [7, 11) is 9.63. The number of hydrogen-bond donors (Lipinski definition) is 0. The molecule has 13 heavy (non-hydrogen) atoms. The molecule has 0 aliphatic carbocycles. The smallest absolute Gasteiger partial charge is 0.171 e. The molecule has 0 heterocycles. The Labute approximate surface area is 97.7 Å². The van der Waals surface area contributed by atoms with E-state index in [2.05, 4.69) is 19.9 Å². The second kappa shape index (κ2) is 18.3. The van der Waals surface area contributed by atoms with Crippen molar-refractivity contribution in [1.82, 2.24) is 0 Å². The normalized spacial score (nSPS) is 7.69. The Balaban J connectivity index is 0. The first-order valence-electron chi connectivity index (χ1n) is 3.86. The van der Waals surface area contributed by atoms with E-state index >= 15 is 0 Å². The molecule has 0 saturated carbocycles. The average molecular weight is 312 g/mol. The zero-order chi connectivity index (χ0) is 10.4. The molecule has 0 unspecified atom stereocenters. The summed E-state index contributed by atoms with van der Waals surface area (Å²) in [6.07, 6.45) is 2.28. The molecular formula is C10H14Cl2Pd-2. The molecule has 1 rings (SSSR count). The van der Waals surface area contributed by atoms with Crippen LogP contribution in [0.4, 0.5) is 0 Å². The molecule has 0 atom stereocenters. The van der Waals surface area contributed by atoms with E-state index < -0.39 is 0 Å². The third kappa shape index (κ3) is 24.5. The largest absolute Gasteiger partial charge is 0.184 e. The van der Waals surface area contributed by atoms with Gasteiger partial charge in [0.25, 0.3) is 0 Å². The van der Waals surface area contributed by atoms with Gasteiger partial charge in [-0.1, -0.05) is 13.3 Å². The summed E-state index contributed by atoms with van der Waals surface area (Å²) in [6.45, 7) is 5.72. The maximum Gasteiger partial charge on any atom is -0.171 e. The third-order valence-electron chi connectivity index (χ3n) is 0.961. The fourth-order valence-electron chi connectivity index (χ4n) is 0.342. The van der Waals surface area contributed by atoms with Crippen molar-refractivity contribution in [3.05, 3.63) is 43.3 Å². The van der Waals surface area contributed by atoms with E-state index in [-0.39, 0.29) is 15.9 Å². The van der Waals surface area contributed by atoms with Crippen molar-refractivity contribution in [2.24, 2.45) is 0 Å². The van der Waals surface area contributed by atoms with Gasteiger partial charge in [-0.3, -0.25) is 0 Å². The quantitative estimate of drug-likeness (QED) is 0.530. The van der Waals surface area contributed by atoms with E-state index in [1.54, 1.807) is 0 Å². The van der Waals surface area contributed by atoms with Crippen LogP contribution < -0.4 is 0 Å². The molecule has 0 aromatic heterocycles. The summed E-state index contributed by atoms with van der Waals surface area (Å²) in [5, 5.41) is 0. The van der Waals surface area contributed by atoms with Gasteiger partial charge in [-0.15, -0.1) is 0 Å². The molecule has 0 saturated heterocycles. The maximum absolute atomic E-state index is 4.81. The van der Waals surface area contributed by atoms with Crippen molar-refractivity contribution in [1.29, 1.82) is 0 Å². The van der Waals surface area contributed by atoms with Crippen LogP contribution in [0.2, 0.25) is 0 Å². The summed E-state index contributed by atoms with van der Waals surface area (Å²) in [5.74, 6) is 0. The number of unbranched alkanes of at least 4 members (excludes halogenated alkanes) is 1. The van der Waals surface area contributed by atoms with Gasteiger partial charge >= 0.3 is 35.0 Å². The van der Waals surface area contributed by atoms with Crippen molar-refractivity contribution in [2.45, 2.75) is 19.8 Å². The van der Waals surface area contributed by atoms with E-state index in [1.165, 1.54) is 6.42 Å². The summed E-state index contributed by atoms with van der Waals surface area (Å²) in [4.78, 5) is 0. The fraction of sp³-hybridized carbons (Fsp3) is 0.300. The molecule has 3 heteroatoms. The first-order valence-corrected chi connectivity index (χ1v) is 7.86. The fourth-order valence-corrected chi connectivity index (χ4v) is 0.342. The van der Waals surface area contributed by atoms with Crippen molar-refractivity contribution < 1.29 is 15.9 Å². The van der Waals surface area contributed by atoms with E-state index in [0.29, 0.717) is 0 Å². The van der Waals surface area contributed by atoms with Crippen molar-refractivity contribution in [3.63, 3.8) is 0 Å². The van der Waals surface area contributed by atoms with Gasteiger partial charge in [-0.2, -0.15) is 42.8 Å². The SMILES string of the molecule is [CH2-]CCC.[Cl][Pd][Cl].[c-]1ccccc1. The Bertz CT molecular complexity index is 116. The summed E-state index contributed by atoms with van der Waals surface area (Å²) in [5.41, 5.74) is 0. The van der Waals surface area contributed by atoms with E-state index in [4.69, 9.17) is 19.1 Å². The van der Waals surface area contributed by atoms with Gasteiger partial charge in [0.2, 0.25) is 0 Å². The van der Waals surface area contributed by atoms with Crippen molar-refractivity contribution >= 4 is 19.1 Å². The monoisotopic (exact) mass is 310 g/mol. The van der Waals surface area contributed by atoms with Crippen molar-refractivity contribution in [2.75, 3.05) is 0 Å². The summed E-state index contributed by atoms with van der Waals surface area (Å²) >= 11 is -0.106. The average Bonchev–Trinajstić information content (AvgIpc) is 2.22. The first-order chi connectivity index (χ1) is 6.33. The number of rotatable bonds is 1. The Hall–Kier alpha value is 0.462. The molecule has 0 bridgehead atoms. The van der Waals surface area contributed by atoms with Gasteiger partial charge in [0, 0.05) is 0 Å². The zero-order valence-corrected chi connectivity index (χ0v) is 10.6. The van der Waals surface area contributed by atoms with Crippen LogP contribution in [0.25, 0.3) is 0 Å². The van der Waals surface area contributed by atoms with E-state index in [1.807, 2.05) is 30.3 Å². The molecule has 0 amide bonds. The first kappa shape index (κ1) is 15.9. The maximum atomic E-state index is 4.81. The number of benzene rings is 1. The summed E-state index contributed by atoms with van der Waals surface area (Å²) < 4.78 is 0. The minimum Gasteiger partial charge on any atom is -0.184 e. The molecule has 0 radical (unpaired) electrons. The van der Waals surface area contributed by atoms with Gasteiger partial charge in [0.1, 0.15) is 0 Å². The second-order valence-corrected chi connectivity index (χ2v) is 4.34. The Morgan fingerprint density at radius 3 is 1.69 bits per heavy atom. The molecule has 0 aliphatic rings. The number of halogens is 2. The third-order valence-corrected chi connectivity index (χ3v) is 0.961. The van der Waals surface area contributed by atoms with E-state index in [9.17, 15) is 0 Å². The molecule has 0 N–H and O–H groups in total. The predicted molar refractivity (Wildman–Crippen MR) is 57.2 cm³/mol. The van der Waals surface area contributed by atoms with Crippen LogP contribution in [0.3, 0.4) is 0 Å².